The number of methoxy groups -OCH3 is 1. The topological polar surface area (TPSA) is 50.3 Å². The van der Waals surface area contributed by atoms with Crippen molar-refractivity contribution in [1.82, 2.24) is 14.9 Å². The van der Waals surface area contributed by atoms with Crippen LogP contribution in [0, 0.1) is 0 Å². The Morgan fingerprint density at radius 1 is 1.38 bits per heavy atom. The van der Waals surface area contributed by atoms with Crippen LogP contribution in [-0.4, -0.2) is 48.2 Å². The molecular formula is C15H25ClN4O. The summed E-state index contributed by atoms with van der Waals surface area (Å²) in [6.45, 7) is 1.94. The van der Waals surface area contributed by atoms with Gasteiger partial charge in [-0.3, -0.25) is 0 Å². The number of hydrogen-bond acceptors (Lipinski definition) is 5. The van der Waals surface area contributed by atoms with E-state index >= 15 is 0 Å². The van der Waals surface area contributed by atoms with Gasteiger partial charge in [-0.05, 0) is 32.9 Å². The van der Waals surface area contributed by atoms with Gasteiger partial charge in [0.15, 0.2) is 5.82 Å². The van der Waals surface area contributed by atoms with Crippen LogP contribution in [0.5, 0.6) is 6.01 Å². The molecule has 0 unspecified atom stereocenters. The van der Waals surface area contributed by atoms with E-state index in [0.29, 0.717) is 16.9 Å². The second-order valence-corrected chi connectivity index (χ2v) is 6.01. The minimum Gasteiger partial charge on any atom is -0.467 e. The van der Waals surface area contributed by atoms with Gasteiger partial charge in [0.05, 0.1) is 13.3 Å². The molecule has 21 heavy (non-hydrogen) atoms. The lowest BCUT2D eigenvalue weighted by atomic mass is 9.94. The fourth-order valence-electron chi connectivity index (χ4n) is 2.81. The molecule has 6 heteroatoms. The first-order chi connectivity index (χ1) is 10.2. The van der Waals surface area contributed by atoms with Crippen LogP contribution in [0.1, 0.15) is 38.5 Å². The zero-order chi connectivity index (χ0) is 15.1. The third-order valence-corrected chi connectivity index (χ3v) is 4.36. The van der Waals surface area contributed by atoms with Gasteiger partial charge in [0.25, 0.3) is 0 Å². The van der Waals surface area contributed by atoms with E-state index in [0.717, 1.165) is 25.6 Å². The molecule has 0 aromatic carbocycles. The van der Waals surface area contributed by atoms with Gasteiger partial charge in [-0.2, -0.15) is 4.98 Å². The largest absolute Gasteiger partial charge is 0.467 e. The Balaban J connectivity index is 1.71. The molecule has 2 rings (SSSR count). The van der Waals surface area contributed by atoms with Crippen molar-refractivity contribution in [2.45, 2.75) is 44.6 Å². The van der Waals surface area contributed by atoms with Gasteiger partial charge in [-0.1, -0.05) is 30.9 Å². The molecule has 118 valence electrons. The van der Waals surface area contributed by atoms with Gasteiger partial charge in [-0.15, -0.1) is 0 Å². The molecule has 0 aliphatic heterocycles. The van der Waals surface area contributed by atoms with E-state index in [4.69, 9.17) is 16.3 Å². The molecule has 1 aliphatic rings. The predicted molar refractivity (Wildman–Crippen MR) is 86.2 cm³/mol. The van der Waals surface area contributed by atoms with Gasteiger partial charge in [-0.25, -0.2) is 4.98 Å². The third-order valence-electron chi connectivity index (χ3n) is 4.08. The lowest BCUT2D eigenvalue weighted by Gasteiger charge is -2.31. The summed E-state index contributed by atoms with van der Waals surface area (Å²) in [5, 5.41) is 3.78. The minimum absolute atomic E-state index is 0.334. The van der Waals surface area contributed by atoms with Gasteiger partial charge < -0.3 is 15.0 Å². The first-order valence-electron chi connectivity index (χ1n) is 7.71. The van der Waals surface area contributed by atoms with Crippen LogP contribution in [0.4, 0.5) is 5.82 Å². The first kappa shape index (κ1) is 16.3. The van der Waals surface area contributed by atoms with Gasteiger partial charge in [0, 0.05) is 12.6 Å². The molecule has 1 fully saturated rings. The summed E-state index contributed by atoms with van der Waals surface area (Å²) >= 11 is 6.06. The van der Waals surface area contributed by atoms with Crippen LogP contribution in [0.3, 0.4) is 0 Å². The highest BCUT2D eigenvalue weighted by Crippen LogP contribution is 2.22. The second-order valence-electron chi connectivity index (χ2n) is 5.61. The Morgan fingerprint density at radius 2 is 2.14 bits per heavy atom. The van der Waals surface area contributed by atoms with E-state index in [1.807, 2.05) is 0 Å². The smallest absolute Gasteiger partial charge is 0.318 e. The second kappa shape index (κ2) is 8.39. The van der Waals surface area contributed by atoms with E-state index < -0.39 is 0 Å². The SMILES string of the molecule is COc1ncc(Cl)c(NCCCN(C)C2CCCCC2)n1. The van der Waals surface area contributed by atoms with Crippen molar-refractivity contribution in [3.8, 4) is 6.01 Å². The van der Waals surface area contributed by atoms with Crippen LogP contribution >= 0.6 is 11.6 Å². The van der Waals surface area contributed by atoms with E-state index in [2.05, 4.69) is 27.2 Å². The number of anilines is 1. The molecule has 0 radical (unpaired) electrons. The van der Waals surface area contributed by atoms with Crippen LogP contribution in [-0.2, 0) is 0 Å². The number of rotatable bonds is 7. The van der Waals surface area contributed by atoms with Crippen molar-refractivity contribution in [1.29, 1.82) is 0 Å². The Kier molecular flexibility index (Phi) is 6.51. The van der Waals surface area contributed by atoms with Crippen LogP contribution in [0.15, 0.2) is 6.20 Å². The normalized spacial score (nSPS) is 16.2. The molecule has 0 atom stereocenters. The zero-order valence-corrected chi connectivity index (χ0v) is 13.7. The Bertz CT molecular complexity index is 438. The number of hydrogen-bond donors (Lipinski definition) is 1. The highest BCUT2D eigenvalue weighted by Gasteiger charge is 2.17. The van der Waals surface area contributed by atoms with Crippen LogP contribution < -0.4 is 10.1 Å². The van der Waals surface area contributed by atoms with Crippen molar-refractivity contribution in [2.75, 3.05) is 32.6 Å². The van der Waals surface area contributed by atoms with Crippen molar-refractivity contribution in [3.63, 3.8) is 0 Å². The molecule has 0 bridgehead atoms. The molecule has 0 saturated heterocycles. The van der Waals surface area contributed by atoms with Crippen molar-refractivity contribution < 1.29 is 4.74 Å². The number of nitrogens with zero attached hydrogens (tertiary/aromatic N) is 3. The number of halogens is 1. The summed E-state index contributed by atoms with van der Waals surface area (Å²) in [5.41, 5.74) is 0. The van der Waals surface area contributed by atoms with Crippen molar-refractivity contribution in [2.24, 2.45) is 0 Å². The predicted octanol–water partition coefficient (Wildman–Crippen LogP) is 3.21. The molecule has 1 aliphatic carbocycles. The van der Waals surface area contributed by atoms with Gasteiger partial charge in [0.1, 0.15) is 5.02 Å². The maximum atomic E-state index is 6.06. The molecule has 0 spiro atoms. The van der Waals surface area contributed by atoms with E-state index in [1.165, 1.54) is 32.1 Å². The van der Waals surface area contributed by atoms with Gasteiger partial charge in [0.2, 0.25) is 0 Å². The summed E-state index contributed by atoms with van der Waals surface area (Å²) in [5.74, 6) is 0.642. The summed E-state index contributed by atoms with van der Waals surface area (Å²) in [4.78, 5) is 10.7. The minimum atomic E-state index is 0.334. The molecular weight excluding hydrogens is 288 g/mol. The summed E-state index contributed by atoms with van der Waals surface area (Å²) < 4.78 is 5.00. The van der Waals surface area contributed by atoms with E-state index in [-0.39, 0.29) is 0 Å². The number of nitrogens with one attached hydrogen (secondary N) is 1. The molecule has 1 N–H and O–H groups in total. The Labute approximate surface area is 132 Å². The maximum absolute atomic E-state index is 6.06. The quantitative estimate of drug-likeness (QED) is 0.784. The lowest BCUT2D eigenvalue weighted by Crippen LogP contribution is -2.34. The number of aromatic nitrogens is 2. The summed E-state index contributed by atoms with van der Waals surface area (Å²) in [6.07, 6.45) is 9.48. The standard InChI is InChI=1S/C15H25ClN4O/c1-20(12-7-4-3-5-8-12)10-6-9-17-14-13(16)11-18-15(19-14)21-2/h11-12H,3-10H2,1-2H3,(H,17,18,19). The summed E-state index contributed by atoms with van der Waals surface area (Å²) in [7, 11) is 3.78. The Hall–Kier alpha value is -1.07. The molecule has 1 aromatic heterocycles. The zero-order valence-electron chi connectivity index (χ0n) is 12.9. The Morgan fingerprint density at radius 3 is 2.86 bits per heavy atom. The molecule has 1 saturated carbocycles. The van der Waals surface area contributed by atoms with E-state index in [1.54, 1.807) is 13.3 Å². The first-order valence-corrected chi connectivity index (χ1v) is 8.09. The number of ether oxygens (including phenoxy) is 1. The van der Waals surface area contributed by atoms with Crippen molar-refractivity contribution >= 4 is 17.4 Å². The summed E-state index contributed by atoms with van der Waals surface area (Å²) in [6, 6.07) is 1.10. The fourth-order valence-corrected chi connectivity index (χ4v) is 2.97. The van der Waals surface area contributed by atoms with E-state index in [9.17, 15) is 0 Å². The maximum Gasteiger partial charge on any atom is 0.318 e. The van der Waals surface area contributed by atoms with Gasteiger partial charge >= 0.3 is 6.01 Å². The lowest BCUT2D eigenvalue weighted by molar-refractivity contribution is 0.191. The monoisotopic (exact) mass is 312 g/mol. The van der Waals surface area contributed by atoms with Crippen LogP contribution in [0.2, 0.25) is 5.02 Å². The molecule has 0 amide bonds. The fraction of sp³-hybridized carbons (Fsp3) is 0.733. The van der Waals surface area contributed by atoms with Crippen LogP contribution in [0.25, 0.3) is 0 Å². The molecule has 5 nitrogen and oxygen atoms in total. The third kappa shape index (κ3) is 5.00. The highest BCUT2D eigenvalue weighted by molar-refractivity contribution is 6.32. The average molecular weight is 313 g/mol. The molecule has 1 heterocycles. The highest BCUT2D eigenvalue weighted by atomic mass is 35.5. The molecule has 1 aromatic rings. The average Bonchev–Trinajstić information content (AvgIpc) is 2.53. The van der Waals surface area contributed by atoms with Crippen molar-refractivity contribution in [3.05, 3.63) is 11.2 Å².